The number of halogens is 2. The number of amides is 1. The van der Waals surface area contributed by atoms with Crippen molar-refractivity contribution in [3.8, 4) is 5.75 Å². The molecule has 4 rings (SSSR count). The Labute approximate surface area is 201 Å². The van der Waals surface area contributed by atoms with Crippen molar-refractivity contribution in [1.82, 2.24) is 9.47 Å². The van der Waals surface area contributed by atoms with Crippen LogP contribution in [0.15, 0.2) is 42.5 Å². The van der Waals surface area contributed by atoms with E-state index in [1.807, 2.05) is 36.4 Å². The topological polar surface area (TPSA) is 54.7 Å². The molecule has 29 heavy (non-hydrogen) atoms. The first-order valence-electron chi connectivity index (χ1n) is 9.19. The summed E-state index contributed by atoms with van der Waals surface area (Å²) >= 11 is 12.8. The predicted octanol–water partition coefficient (Wildman–Crippen LogP) is 4.46. The molecular weight excluding hydrogens is 422 g/mol. The van der Waals surface area contributed by atoms with Crippen LogP contribution in [0, 0.1) is 0 Å². The summed E-state index contributed by atoms with van der Waals surface area (Å²) in [6.45, 7) is 2.03. The minimum atomic E-state index is -0.885. The quantitative estimate of drug-likeness (QED) is 0.606. The van der Waals surface area contributed by atoms with Crippen LogP contribution < -0.4 is 4.74 Å². The van der Waals surface area contributed by atoms with Gasteiger partial charge in [0.1, 0.15) is 12.4 Å². The van der Waals surface area contributed by atoms with E-state index in [-0.39, 0.29) is 29.6 Å². The second kappa shape index (κ2) is 9.63. The molecule has 0 fully saturated rings. The zero-order valence-electron chi connectivity index (χ0n) is 15.2. The Morgan fingerprint density at radius 3 is 2.55 bits per heavy atom. The van der Waals surface area contributed by atoms with Gasteiger partial charge >= 0.3 is 35.7 Å². The zero-order chi connectivity index (χ0) is 19.7. The molecule has 0 unspecified atom stereocenters. The summed E-state index contributed by atoms with van der Waals surface area (Å²) in [5.74, 6) is 0.816. The summed E-state index contributed by atoms with van der Waals surface area (Å²) in [4.78, 5) is 12.9. The second-order valence-corrected chi connectivity index (χ2v) is 7.64. The third kappa shape index (κ3) is 4.70. The molecule has 1 amide bonds. The molecule has 3 aromatic rings. The normalized spacial score (nSPS) is 13.5. The molecule has 0 saturated heterocycles. The van der Waals surface area contributed by atoms with Gasteiger partial charge in [0.15, 0.2) is 0 Å². The summed E-state index contributed by atoms with van der Waals surface area (Å²) in [5, 5.41) is 11.6. The van der Waals surface area contributed by atoms with Crippen LogP contribution in [0.2, 0.25) is 10.0 Å². The van der Waals surface area contributed by atoms with Crippen molar-refractivity contribution in [3.05, 3.63) is 63.8 Å². The van der Waals surface area contributed by atoms with Gasteiger partial charge in [0, 0.05) is 35.6 Å². The fourth-order valence-electron chi connectivity index (χ4n) is 3.90. The standard InChI is InChI=1S/C21H20Cl2N2O3.Na.H/c22-14-12-17-16-6-8-24(21(26)27)9-7-19(16)25(20(17)18(23)13-14)10-11-28-15-4-2-1-3-5-15;;/h1-5,12-13H,6-11H2,(H,26,27);;. The maximum atomic E-state index is 11.4. The average Bonchev–Trinajstić information content (AvgIpc) is 2.82. The van der Waals surface area contributed by atoms with Crippen LogP contribution >= 0.6 is 23.2 Å². The molecule has 0 radical (unpaired) electrons. The number of carboxylic acid groups (broad SMARTS) is 1. The zero-order valence-corrected chi connectivity index (χ0v) is 16.7. The van der Waals surface area contributed by atoms with E-state index in [9.17, 15) is 9.90 Å². The van der Waals surface area contributed by atoms with E-state index in [0.717, 1.165) is 27.9 Å². The van der Waals surface area contributed by atoms with Gasteiger partial charge in [-0.1, -0.05) is 41.4 Å². The first kappa shape index (κ1) is 22.3. The Morgan fingerprint density at radius 1 is 1.10 bits per heavy atom. The summed E-state index contributed by atoms with van der Waals surface area (Å²) < 4.78 is 8.04. The number of ether oxygens (including phenoxy) is 1. The van der Waals surface area contributed by atoms with E-state index in [4.69, 9.17) is 27.9 Å². The molecule has 2 aromatic carbocycles. The number of benzene rings is 2. The van der Waals surface area contributed by atoms with Crippen LogP contribution in [0.1, 0.15) is 11.3 Å². The Kier molecular flexibility index (Phi) is 7.41. The van der Waals surface area contributed by atoms with Crippen molar-refractivity contribution in [3.63, 3.8) is 0 Å². The molecule has 1 N–H and O–H groups in total. The molecule has 0 aliphatic carbocycles. The molecule has 0 spiro atoms. The monoisotopic (exact) mass is 442 g/mol. The van der Waals surface area contributed by atoms with Crippen molar-refractivity contribution >= 4 is 69.8 Å². The second-order valence-electron chi connectivity index (χ2n) is 6.79. The summed E-state index contributed by atoms with van der Waals surface area (Å²) in [7, 11) is 0. The summed E-state index contributed by atoms with van der Waals surface area (Å²) in [6, 6.07) is 13.3. The van der Waals surface area contributed by atoms with Crippen molar-refractivity contribution in [1.29, 1.82) is 0 Å². The number of aromatic nitrogens is 1. The number of hydrogen-bond donors (Lipinski definition) is 1. The van der Waals surface area contributed by atoms with E-state index in [1.54, 1.807) is 6.07 Å². The number of rotatable bonds is 4. The maximum absolute atomic E-state index is 11.4. The van der Waals surface area contributed by atoms with Crippen LogP contribution in [-0.2, 0) is 19.4 Å². The number of carbonyl (C=O) groups is 1. The van der Waals surface area contributed by atoms with Crippen molar-refractivity contribution in [2.24, 2.45) is 0 Å². The number of fused-ring (bicyclic) bond motifs is 3. The van der Waals surface area contributed by atoms with Crippen molar-refractivity contribution < 1.29 is 14.6 Å². The molecule has 8 heteroatoms. The molecule has 2 heterocycles. The first-order chi connectivity index (χ1) is 13.5. The predicted molar refractivity (Wildman–Crippen MR) is 118 cm³/mol. The molecular formula is C21H21Cl2N2NaO3. The van der Waals surface area contributed by atoms with Gasteiger partial charge in [0.2, 0.25) is 0 Å². The fraction of sp³-hybridized carbons (Fsp3) is 0.286. The van der Waals surface area contributed by atoms with Crippen LogP contribution in [0.3, 0.4) is 0 Å². The van der Waals surface area contributed by atoms with Gasteiger partial charge in [-0.2, -0.15) is 0 Å². The Hall–Kier alpha value is -1.37. The van der Waals surface area contributed by atoms with E-state index in [1.165, 1.54) is 4.90 Å². The van der Waals surface area contributed by atoms with Crippen LogP contribution in [0.25, 0.3) is 10.9 Å². The van der Waals surface area contributed by atoms with Gasteiger partial charge in [-0.15, -0.1) is 0 Å². The minimum absolute atomic E-state index is 0. The fourth-order valence-corrected chi connectivity index (χ4v) is 4.49. The summed E-state index contributed by atoms with van der Waals surface area (Å²) in [6.07, 6.45) is 0.390. The summed E-state index contributed by atoms with van der Waals surface area (Å²) in [5.41, 5.74) is 3.18. The van der Waals surface area contributed by atoms with Crippen molar-refractivity contribution in [2.75, 3.05) is 19.7 Å². The Morgan fingerprint density at radius 2 is 1.83 bits per heavy atom. The van der Waals surface area contributed by atoms with Gasteiger partial charge < -0.3 is 19.3 Å². The van der Waals surface area contributed by atoms with Crippen molar-refractivity contribution in [2.45, 2.75) is 19.4 Å². The van der Waals surface area contributed by atoms with Gasteiger partial charge in [0.05, 0.1) is 17.1 Å². The van der Waals surface area contributed by atoms with Gasteiger partial charge in [-0.3, -0.25) is 0 Å². The van der Waals surface area contributed by atoms with E-state index < -0.39 is 6.09 Å². The van der Waals surface area contributed by atoms with Gasteiger partial charge in [-0.05, 0) is 36.2 Å². The Bertz CT molecular complexity index is 1020. The molecule has 0 bridgehead atoms. The van der Waals surface area contributed by atoms with Crippen LogP contribution in [0.5, 0.6) is 5.75 Å². The Balaban J connectivity index is 0.00000240. The van der Waals surface area contributed by atoms with E-state index in [2.05, 4.69) is 4.57 Å². The molecule has 148 valence electrons. The SMILES string of the molecule is O=C(O)N1CCc2c(n(CCOc3ccccc3)c3c(Cl)cc(Cl)cc23)CC1.[NaH]. The third-order valence-electron chi connectivity index (χ3n) is 5.14. The van der Waals surface area contributed by atoms with Gasteiger partial charge in [-0.25, -0.2) is 4.79 Å². The molecule has 1 aliphatic rings. The number of para-hydroxylation sites is 1. The molecule has 0 atom stereocenters. The number of hydrogen-bond acceptors (Lipinski definition) is 2. The van der Waals surface area contributed by atoms with Gasteiger partial charge in [0.25, 0.3) is 0 Å². The molecule has 5 nitrogen and oxygen atoms in total. The van der Waals surface area contributed by atoms with E-state index >= 15 is 0 Å². The molecule has 1 aliphatic heterocycles. The molecule has 0 saturated carbocycles. The van der Waals surface area contributed by atoms with E-state index in [0.29, 0.717) is 49.1 Å². The number of nitrogens with zero attached hydrogens (tertiary/aromatic N) is 2. The average molecular weight is 443 g/mol. The third-order valence-corrected chi connectivity index (χ3v) is 5.65. The molecule has 1 aromatic heterocycles. The first-order valence-corrected chi connectivity index (χ1v) is 9.95. The van der Waals surface area contributed by atoms with Crippen LogP contribution in [0.4, 0.5) is 4.79 Å². The van der Waals surface area contributed by atoms with Crippen LogP contribution in [-0.4, -0.2) is 69.9 Å².